The van der Waals surface area contributed by atoms with Crippen LogP contribution in [-0.4, -0.2) is 22.7 Å². The molecule has 2 N–H and O–H groups in total. The van der Waals surface area contributed by atoms with Crippen LogP contribution >= 0.6 is 0 Å². The standard InChI is InChI=1S/C13H22N2O/c1-10(2)13(6-8-16)15-9-12-5-4-7-14-11(12)3/h4-5,7,10,13,15-16H,6,8-9H2,1-3H3. The van der Waals surface area contributed by atoms with Gasteiger partial charge in [-0.25, -0.2) is 0 Å². The number of nitrogens with zero attached hydrogens (tertiary/aromatic N) is 1. The summed E-state index contributed by atoms with van der Waals surface area (Å²) in [6.07, 6.45) is 2.61. The van der Waals surface area contributed by atoms with Gasteiger partial charge in [-0.1, -0.05) is 19.9 Å². The van der Waals surface area contributed by atoms with Crippen LogP contribution in [0.15, 0.2) is 18.3 Å². The van der Waals surface area contributed by atoms with Gasteiger partial charge in [-0.3, -0.25) is 4.98 Å². The third-order valence-corrected chi connectivity index (χ3v) is 2.92. The molecule has 1 unspecified atom stereocenters. The summed E-state index contributed by atoms with van der Waals surface area (Å²) in [5.41, 5.74) is 2.30. The number of pyridine rings is 1. The van der Waals surface area contributed by atoms with Gasteiger partial charge in [0.05, 0.1) is 0 Å². The molecule has 0 aliphatic rings. The van der Waals surface area contributed by atoms with Gasteiger partial charge in [-0.05, 0) is 30.9 Å². The number of aromatic nitrogens is 1. The summed E-state index contributed by atoms with van der Waals surface area (Å²) >= 11 is 0. The van der Waals surface area contributed by atoms with E-state index < -0.39 is 0 Å². The SMILES string of the molecule is Cc1ncccc1CNC(CCO)C(C)C. The molecule has 0 aromatic carbocycles. The number of nitrogens with one attached hydrogen (secondary N) is 1. The Morgan fingerprint density at radius 1 is 1.44 bits per heavy atom. The maximum absolute atomic E-state index is 8.99. The third kappa shape index (κ3) is 3.91. The Kier molecular flexibility index (Phi) is 5.43. The quantitative estimate of drug-likeness (QED) is 0.772. The van der Waals surface area contributed by atoms with E-state index in [0.29, 0.717) is 12.0 Å². The summed E-state index contributed by atoms with van der Waals surface area (Å²) in [5, 5.41) is 12.5. The summed E-state index contributed by atoms with van der Waals surface area (Å²) in [4.78, 5) is 4.26. The molecule has 0 spiro atoms. The van der Waals surface area contributed by atoms with Crippen molar-refractivity contribution in [2.45, 2.75) is 39.8 Å². The van der Waals surface area contributed by atoms with Crippen LogP contribution in [0.1, 0.15) is 31.5 Å². The van der Waals surface area contributed by atoms with Crippen molar-refractivity contribution in [2.75, 3.05) is 6.61 Å². The van der Waals surface area contributed by atoms with Gasteiger partial charge in [0.15, 0.2) is 0 Å². The van der Waals surface area contributed by atoms with E-state index in [2.05, 4.69) is 30.2 Å². The van der Waals surface area contributed by atoms with Gasteiger partial charge in [0.25, 0.3) is 0 Å². The first-order valence-corrected chi connectivity index (χ1v) is 5.90. The van der Waals surface area contributed by atoms with E-state index in [1.165, 1.54) is 5.56 Å². The second-order valence-electron chi connectivity index (χ2n) is 4.49. The highest BCUT2D eigenvalue weighted by atomic mass is 16.3. The smallest absolute Gasteiger partial charge is 0.0445 e. The van der Waals surface area contributed by atoms with Crippen molar-refractivity contribution in [3.05, 3.63) is 29.6 Å². The summed E-state index contributed by atoms with van der Waals surface area (Å²) in [6.45, 7) is 7.42. The lowest BCUT2D eigenvalue weighted by Crippen LogP contribution is -2.34. The first-order valence-electron chi connectivity index (χ1n) is 5.90. The maximum Gasteiger partial charge on any atom is 0.0445 e. The molecule has 0 bridgehead atoms. The summed E-state index contributed by atoms with van der Waals surface area (Å²) in [7, 11) is 0. The first-order chi connectivity index (χ1) is 7.65. The van der Waals surface area contributed by atoms with Gasteiger partial charge < -0.3 is 10.4 Å². The molecule has 0 aliphatic carbocycles. The molecule has 90 valence electrons. The minimum atomic E-state index is 0.238. The molecule has 0 amide bonds. The van der Waals surface area contributed by atoms with E-state index in [0.717, 1.165) is 18.7 Å². The zero-order valence-corrected chi connectivity index (χ0v) is 10.4. The number of hydrogen-bond donors (Lipinski definition) is 2. The maximum atomic E-state index is 8.99. The lowest BCUT2D eigenvalue weighted by atomic mass is 10.0. The zero-order chi connectivity index (χ0) is 12.0. The van der Waals surface area contributed by atoms with Crippen molar-refractivity contribution in [3.63, 3.8) is 0 Å². The molecule has 16 heavy (non-hydrogen) atoms. The molecule has 0 saturated carbocycles. The summed E-state index contributed by atoms with van der Waals surface area (Å²) in [6, 6.07) is 4.41. The van der Waals surface area contributed by atoms with E-state index in [9.17, 15) is 0 Å². The average Bonchev–Trinajstić information content (AvgIpc) is 2.26. The van der Waals surface area contributed by atoms with Crippen LogP contribution < -0.4 is 5.32 Å². The number of rotatable bonds is 6. The molecule has 0 aliphatic heterocycles. The van der Waals surface area contributed by atoms with Gasteiger partial charge in [0.2, 0.25) is 0 Å². The second-order valence-corrected chi connectivity index (χ2v) is 4.49. The molecule has 0 saturated heterocycles. The minimum absolute atomic E-state index is 0.238. The highest BCUT2D eigenvalue weighted by Crippen LogP contribution is 2.08. The molecule has 1 rings (SSSR count). The van der Waals surface area contributed by atoms with Crippen molar-refractivity contribution in [1.82, 2.24) is 10.3 Å². The lowest BCUT2D eigenvalue weighted by molar-refractivity contribution is 0.244. The molecule has 0 fully saturated rings. The Morgan fingerprint density at radius 3 is 2.75 bits per heavy atom. The molecule has 1 heterocycles. The van der Waals surface area contributed by atoms with Crippen LogP contribution in [0.5, 0.6) is 0 Å². The Balaban J connectivity index is 2.52. The fraction of sp³-hybridized carbons (Fsp3) is 0.615. The monoisotopic (exact) mass is 222 g/mol. The van der Waals surface area contributed by atoms with Crippen molar-refractivity contribution in [3.8, 4) is 0 Å². The predicted molar refractivity (Wildman–Crippen MR) is 66.1 cm³/mol. The van der Waals surface area contributed by atoms with Crippen LogP contribution in [-0.2, 0) is 6.54 Å². The topological polar surface area (TPSA) is 45.2 Å². The molecule has 1 aromatic rings. The third-order valence-electron chi connectivity index (χ3n) is 2.92. The average molecular weight is 222 g/mol. The lowest BCUT2D eigenvalue weighted by Gasteiger charge is -2.21. The van der Waals surface area contributed by atoms with Gasteiger partial charge in [0, 0.05) is 31.1 Å². The molecule has 1 atom stereocenters. The fourth-order valence-corrected chi connectivity index (χ4v) is 1.76. The van der Waals surface area contributed by atoms with Gasteiger partial charge >= 0.3 is 0 Å². The van der Waals surface area contributed by atoms with Crippen molar-refractivity contribution >= 4 is 0 Å². The Bertz CT molecular complexity index is 313. The van der Waals surface area contributed by atoms with E-state index in [-0.39, 0.29) is 6.61 Å². The highest BCUT2D eigenvalue weighted by molar-refractivity contribution is 5.17. The van der Waals surface area contributed by atoms with E-state index in [4.69, 9.17) is 5.11 Å². The molecule has 1 aromatic heterocycles. The zero-order valence-electron chi connectivity index (χ0n) is 10.4. The van der Waals surface area contributed by atoms with Gasteiger partial charge in [-0.2, -0.15) is 0 Å². The Labute approximate surface area is 97.9 Å². The molecule has 3 heteroatoms. The van der Waals surface area contributed by atoms with Crippen molar-refractivity contribution in [2.24, 2.45) is 5.92 Å². The minimum Gasteiger partial charge on any atom is -0.396 e. The summed E-state index contributed by atoms with van der Waals surface area (Å²) < 4.78 is 0. The highest BCUT2D eigenvalue weighted by Gasteiger charge is 2.12. The molecular weight excluding hydrogens is 200 g/mol. The molecule has 3 nitrogen and oxygen atoms in total. The van der Waals surface area contributed by atoms with Crippen LogP contribution in [0.3, 0.4) is 0 Å². The number of aliphatic hydroxyl groups is 1. The normalized spacial score (nSPS) is 13.1. The van der Waals surface area contributed by atoms with Crippen LogP contribution in [0, 0.1) is 12.8 Å². The van der Waals surface area contributed by atoms with Crippen molar-refractivity contribution in [1.29, 1.82) is 0 Å². The van der Waals surface area contributed by atoms with Gasteiger partial charge in [0.1, 0.15) is 0 Å². The Morgan fingerprint density at radius 2 is 2.19 bits per heavy atom. The first kappa shape index (κ1) is 13.1. The van der Waals surface area contributed by atoms with Gasteiger partial charge in [-0.15, -0.1) is 0 Å². The number of aliphatic hydroxyl groups excluding tert-OH is 1. The number of hydrogen-bond acceptors (Lipinski definition) is 3. The second kappa shape index (κ2) is 6.61. The molecule has 0 radical (unpaired) electrons. The van der Waals surface area contributed by atoms with Crippen molar-refractivity contribution < 1.29 is 5.11 Å². The predicted octanol–water partition coefficient (Wildman–Crippen LogP) is 1.89. The summed E-state index contributed by atoms with van der Waals surface area (Å²) in [5.74, 6) is 0.532. The largest absolute Gasteiger partial charge is 0.396 e. The van der Waals surface area contributed by atoms with Crippen LogP contribution in [0.4, 0.5) is 0 Å². The molecular formula is C13H22N2O. The van der Waals surface area contributed by atoms with E-state index >= 15 is 0 Å². The van der Waals surface area contributed by atoms with E-state index in [1.54, 1.807) is 0 Å². The van der Waals surface area contributed by atoms with Crippen LogP contribution in [0.2, 0.25) is 0 Å². The van der Waals surface area contributed by atoms with E-state index in [1.807, 2.05) is 19.2 Å². The fourth-order valence-electron chi connectivity index (χ4n) is 1.76. The Hall–Kier alpha value is -0.930. The number of aryl methyl sites for hydroxylation is 1. The van der Waals surface area contributed by atoms with Crippen LogP contribution in [0.25, 0.3) is 0 Å².